The van der Waals surface area contributed by atoms with Gasteiger partial charge in [0.25, 0.3) is 0 Å². The lowest BCUT2D eigenvalue weighted by atomic mass is 10.0. The summed E-state index contributed by atoms with van der Waals surface area (Å²) in [6.45, 7) is 1.86. The molecular formula is C16H20BrN3O2. The highest BCUT2D eigenvalue weighted by molar-refractivity contribution is 9.10. The van der Waals surface area contributed by atoms with E-state index in [0.29, 0.717) is 26.1 Å². The third kappa shape index (κ3) is 2.90. The summed E-state index contributed by atoms with van der Waals surface area (Å²) < 4.78 is 0.872. The summed E-state index contributed by atoms with van der Waals surface area (Å²) in [6.07, 6.45) is 2.44. The zero-order valence-electron chi connectivity index (χ0n) is 12.4. The molecule has 2 aliphatic rings. The van der Waals surface area contributed by atoms with Gasteiger partial charge in [-0.25, -0.2) is 0 Å². The van der Waals surface area contributed by atoms with Crippen molar-refractivity contribution in [1.29, 1.82) is 0 Å². The summed E-state index contributed by atoms with van der Waals surface area (Å²) in [5, 5.41) is 0. The third-order valence-corrected chi connectivity index (χ3v) is 5.09. The van der Waals surface area contributed by atoms with E-state index >= 15 is 0 Å². The SMILES string of the molecule is NC1CCCN(C(=O)C2CCN(c3ccccc3Br)C2=O)C1. The predicted molar refractivity (Wildman–Crippen MR) is 88.4 cm³/mol. The van der Waals surface area contributed by atoms with Gasteiger partial charge in [0.15, 0.2) is 0 Å². The van der Waals surface area contributed by atoms with E-state index in [0.717, 1.165) is 23.0 Å². The number of nitrogens with two attached hydrogens (primary N) is 1. The van der Waals surface area contributed by atoms with Gasteiger partial charge in [-0.05, 0) is 47.3 Å². The Labute approximate surface area is 138 Å². The van der Waals surface area contributed by atoms with Crippen LogP contribution in [0, 0.1) is 5.92 Å². The molecule has 0 radical (unpaired) electrons. The van der Waals surface area contributed by atoms with Gasteiger partial charge < -0.3 is 15.5 Å². The minimum Gasteiger partial charge on any atom is -0.340 e. The zero-order valence-corrected chi connectivity index (χ0v) is 14.0. The Hall–Kier alpha value is -1.40. The van der Waals surface area contributed by atoms with Crippen molar-refractivity contribution >= 4 is 33.4 Å². The van der Waals surface area contributed by atoms with Crippen LogP contribution in [0.25, 0.3) is 0 Å². The van der Waals surface area contributed by atoms with Crippen LogP contribution in [0.15, 0.2) is 28.7 Å². The molecule has 2 aliphatic heterocycles. The molecule has 2 N–H and O–H groups in total. The molecule has 3 rings (SSSR count). The van der Waals surface area contributed by atoms with E-state index in [1.165, 1.54) is 0 Å². The number of carbonyl (C=O) groups excluding carboxylic acids is 2. The normalized spacial score (nSPS) is 25.6. The van der Waals surface area contributed by atoms with E-state index < -0.39 is 5.92 Å². The smallest absolute Gasteiger partial charge is 0.239 e. The van der Waals surface area contributed by atoms with E-state index in [2.05, 4.69) is 15.9 Å². The number of hydrogen-bond donors (Lipinski definition) is 1. The van der Waals surface area contributed by atoms with Crippen LogP contribution in [0.2, 0.25) is 0 Å². The maximum absolute atomic E-state index is 12.7. The van der Waals surface area contributed by atoms with Crippen LogP contribution in [0.3, 0.4) is 0 Å². The molecule has 118 valence electrons. The van der Waals surface area contributed by atoms with E-state index in [9.17, 15) is 9.59 Å². The van der Waals surface area contributed by atoms with Gasteiger partial charge in [-0.3, -0.25) is 9.59 Å². The molecule has 5 nitrogen and oxygen atoms in total. The van der Waals surface area contributed by atoms with Crippen molar-refractivity contribution in [2.24, 2.45) is 11.7 Å². The first kappa shape index (κ1) is 15.5. The molecule has 22 heavy (non-hydrogen) atoms. The van der Waals surface area contributed by atoms with E-state index in [-0.39, 0.29) is 17.9 Å². The molecule has 2 saturated heterocycles. The molecule has 0 bridgehead atoms. The number of piperidine rings is 1. The molecule has 6 heteroatoms. The Morgan fingerprint density at radius 2 is 2.00 bits per heavy atom. The maximum atomic E-state index is 12.7. The first-order valence-corrected chi connectivity index (χ1v) is 8.47. The van der Waals surface area contributed by atoms with Gasteiger partial charge in [0.05, 0.1) is 5.69 Å². The number of carbonyl (C=O) groups is 2. The molecule has 0 aromatic heterocycles. The Kier molecular flexibility index (Phi) is 4.49. The minimum atomic E-state index is -0.558. The van der Waals surface area contributed by atoms with Crippen molar-refractivity contribution < 1.29 is 9.59 Å². The Morgan fingerprint density at radius 1 is 1.23 bits per heavy atom. The molecule has 2 fully saturated rings. The van der Waals surface area contributed by atoms with Crippen LogP contribution < -0.4 is 10.6 Å². The quantitative estimate of drug-likeness (QED) is 0.811. The van der Waals surface area contributed by atoms with Crippen LogP contribution >= 0.6 is 15.9 Å². The van der Waals surface area contributed by atoms with Crippen LogP contribution in [0.1, 0.15) is 19.3 Å². The fourth-order valence-electron chi connectivity index (χ4n) is 3.25. The van der Waals surface area contributed by atoms with E-state index in [1.54, 1.807) is 9.80 Å². The van der Waals surface area contributed by atoms with Crippen LogP contribution in [0.5, 0.6) is 0 Å². The van der Waals surface area contributed by atoms with E-state index in [1.807, 2.05) is 24.3 Å². The van der Waals surface area contributed by atoms with Gasteiger partial charge in [0.1, 0.15) is 5.92 Å². The molecule has 0 saturated carbocycles. The molecule has 2 heterocycles. The Balaban J connectivity index is 1.73. The lowest BCUT2D eigenvalue weighted by Gasteiger charge is -2.32. The van der Waals surface area contributed by atoms with Crippen molar-refractivity contribution in [3.63, 3.8) is 0 Å². The number of anilines is 1. The van der Waals surface area contributed by atoms with Gasteiger partial charge in [-0.2, -0.15) is 0 Å². The lowest BCUT2D eigenvalue weighted by molar-refractivity contribution is -0.140. The largest absolute Gasteiger partial charge is 0.340 e. The average molecular weight is 366 g/mol. The highest BCUT2D eigenvalue weighted by Gasteiger charge is 2.40. The molecular weight excluding hydrogens is 346 g/mol. The van der Waals surface area contributed by atoms with Gasteiger partial charge in [-0.1, -0.05) is 12.1 Å². The summed E-state index contributed by atoms with van der Waals surface area (Å²) >= 11 is 3.47. The van der Waals surface area contributed by atoms with Crippen LogP contribution in [-0.2, 0) is 9.59 Å². The van der Waals surface area contributed by atoms with Gasteiger partial charge in [0, 0.05) is 30.1 Å². The van der Waals surface area contributed by atoms with Crippen molar-refractivity contribution in [2.75, 3.05) is 24.5 Å². The number of rotatable bonds is 2. The summed E-state index contributed by atoms with van der Waals surface area (Å²) in [5.74, 6) is -0.719. The van der Waals surface area contributed by atoms with Crippen LogP contribution in [0.4, 0.5) is 5.69 Å². The zero-order chi connectivity index (χ0) is 15.7. The van der Waals surface area contributed by atoms with Crippen molar-refractivity contribution in [1.82, 2.24) is 4.90 Å². The number of benzene rings is 1. The van der Waals surface area contributed by atoms with Crippen molar-refractivity contribution in [2.45, 2.75) is 25.3 Å². The standard InChI is InChI=1S/C16H20BrN3O2/c17-13-5-1-2-6-14(13)20-9-7-12(16(20)22)15(21)19-8-3-4-11(18)10-19/h1-2,5-6,11-12H,3-4,7-10,18H2. The second kappa shape index (κ2) is 6.38. The number of hydrogen-bond acceptors (Lipinski definition) is 3. The number of nitrogens with zero attached hydrogens (tertiary/aromatic N) is 2. The summed E-state index contributed by atoms with van der Waals surface area (Å²) in [6, 6.07) is 7.64. The molecule has 0 aliphatic carbocycles. The first-order chi connectivity index (χ1) is 10.6. The lowest BCUT2D eigenvalue weighted by Crippen LogP contribution is -2.49. The third-order valence-electron chi connectivity index (χ3n) is 4.42. The second-order valence-corrected chi connectivity index (χ2v) is 6.82. The van der Waals surface area contributed by atoms with Gasteiger partial charge >= 0.3 is 0 Å². The second-order valence-electron chi connectivity index (χ2n) is 5.97. The summed E-state index contributed by atoms with van der Waals surface area (Å²) in [4.78, 5) is 28.7. The number of amides is 2. The highest BCUT2D eigenvalue weighted by Crippen LogP contribution is 2.32. The number of halogens is 1. The van der Waals surface area contributed by atoms with Crippen molar-refractivity contribution in [3.05, 3.63) is 28.7 Å². The summed E-state index contributed by atoms with van der Waals surface area (Å²) in [5.41, 5.74) is 6.77. The van der Waals surface area contributed by atoms with Gasteiger partial charge in [0.2, 0.25) is 11.8 Å². The highest BCUT2D eigenvalue weighted by atomic mass is 79.9. The van der Waals surface area contributed by atoms with Crippen LogP contribution in [-0.4, -0.2) is 42.4 Å². The molecule has 1 aromatic carbocycles. The molecule has 2 atom stereocenters. The predicted octanol–water partition coefficient (Wildman–Crippen LogP) is 1.75. The van der Waals surface area contributed by atoms with E-state index in [4.69, 9.17) is 5.73 Å². The molecule has 2 unspecified atom stereocenters. The Bertz CT molecular complexity index is 593. The monoisotopic (exact) mass is 365 g/mol. The fourth-order valence-corrected chi connectivity index (χ4v) is 3.75. The first-order valence-electron chi connectivity index (χ1n) is 7.68. The molecule has 2 amide bonds. The summed E-state index contributed by atoms with van der Waals surface area (Å²) in [7, 11) is 0. The van der Waals surface area contributed by atoms with Crippen molar-refractivity contribution in [3.8, 4) is 0 Å². The molecule has 0 spiro atoms. The fraction of sp³-hybridized carbons (Fsp3) is 0.500. The minimum absolute atomic E-state index is 0.0357. The topological polar surface area (TPSA) is 66.6 Å². The average Bonchev–Trinajstić information content (AvgIpc) is 2.88. The number of para-hydroxylation sites is 1. The number of likely N-dealkylation sites (tertiary alicyclic amines) is 1. The maximum Gasteiger partial charge on any atom is 0.239 e. The molecule has 1 aromatic rings. The Morgan fingerprint density at radius 3 is 2.73 bits per heavy atom. The van der Waals surface area contributed by atoms with Gasteiger partial charge in [-0.15, -0.1) is 0 Å².